The van der Waals surface area contributed by atoms with Gasteiger partial charge in [0, 0.05) is 0 Å². The number of hydrogen-bond acceptors (Lipinski definition) is 4. The van der Waals surface area contributed by atoms with E-state index >= 15 is 0 Å². The van der Waals surface area contributed by atoms with E-state index in [1.54, 1.807) is 0 Å². The number of carbonyl (C=O) groups excluding carboxylic acids is 2. The van der Waals surface area contributed by atoms with Crippen molar-refractivity contribution in [2.24, 2.45) is 0 Å². The van der Waals surface area contributed by atoms with Gasteiger partial charge in [-0.1, -0.05) is 23.7 Å². The molecule has 0 aliphatic rings. The first kappa shape index (κ1) is 19.8. The number of nitrogens with zero attached hydrogens (tertiary/aromatic N) is 2. The van der Waals surface area contributed by atoms with Crippen LogP contribution in [0.5, 0.6) is 0 Å². The van der Waals surface area contributed by atoms with Gasteiger partial charge in [-0.05, 0) is 31.2 Å². The van der Waals surface area contributed by atoms with Gasteiger partial charge in [0.25, 0.3) is 5.91 Å². The summed E-state index contributed by atoms with van der Waals surface area (Å²) >= 11 is 5.85. The summed E-state index contributed by atoms with van der Waals surface area (Å²) in [7, 11) is 0. The SMILES string of the molecule is CCOC(=O)c1nn(C(=O)c2c(Cl)cccc2C(F)(F)F)c2cccc(F)c12. The van der Waals surface area contributed by atoms with Crippen LogP contribution < -0.4 is 0 Å². The maximum Gasteiger partial charge on any atom is 0.417 e. The van der Waals surface area contributed by atoms with Gasteiger partial charge in [-0.3, -0.25) is 4.79 Å². The second-order valence-electron chi connectivity index (χ2n) is 5.58. The molecule has 3 rings (SSSR count). The highest BCUT2D eigenvalue weighted by molar-refractivity contribution is 6.34. The lowest BCUT2D eigenvalue weighted by molar-refractivity contribution is -0.137. The summed E-state index contributed by atoms with van der Waals surface area (Å²) in [5.74, 6) is -3.15. The first-order valence-corrected chi connectivity index (χ1v) is 8.29. The Hall–Kier alpha value is -2.94. The number of halogens is 5. The Morgan fingerprint density at radius 1 is 1.18 bits per heavy atom. The lowest BCUT2D eigenvalue weighted by Crippen LogP contribution is -2.20. The standard InChI is InChI=1S/C18H11ClF4N2O3/c1-2-28-17(27)15-14-11(20)7-4-8-12(14)25(24-15)16(26)13-9(18(21,22)23)5-3-6-10(13)19/h3-8H,2H2,1H3. The number of alkyl halides is 3. The minimum Gasteiger partial charge on any atom is -0.461 e. The molecular formula is C18H11ClF4N2O3. The summed E-state index contributed by atoms with van der Waals surface area (Å²) in [5, 5.41) is 2.94. The highest BCUT2D eigenvalue weighted by Crippen LogP contribution is 2.36. The molecule has 0 unspecified atom stereocenters. The molecule has 1 heterocycles. The van der Waals surface area contributed by atoms with E-state index in [9.17, 15) is 27.2 Å². The lowest BCUT2D eigenvalue weighted by Gasteiger charge is -2.13. The number of rotatable bonds is 3. The monoisotopic (exact) mass is 414 g/mol. The molecular weight excluding hydrogens is 404 g/mol. The van der Waals surface area contributed by atoms with Crippen molar-refractivity contribution in [3.8, 4) is 0 Å². The molecule has 0 fully saturated rings. The third kappa shape index (κ3) is 3.33. The molecule has 3 aromatic rings. The molecule has 0 aliphatic heterocycles. The summed E-state index contributed by atoms with van der Waals surface area (Å²) in [6.07, 6.45) is -4.87. The molecule has 0 spiro atoms. The lowest BCUT2D eigenvalue weighted by atomic mass is 10.1. The highest BCUT2D eigenvalue weighted by Gasteiger charge is 2.37. The van der Waals surface area contributed by atoms with Crippen molar-refractivity contribution in [1.82, 2.24) is 9.78 Å². The average molecular weight is 415 g/mol. The molecule has 10 heteroatoms. The molecule has 146 valence electrons. The van der Waals surface area contributed by atoms with Gasteiger partial charge >= 0.3 is 12.1 Å². The number of benzene rings is 2. The van der Waals surface area contributed by atoms with Gasteiger partial charge in [-0.2, -0.15) is 23.0 Å². The Morgan fingerprint density at radius 2 is 1.86 bits per heavy atom. The molecule has 2 aromatic carbocycles. The van der Waals surface area contributed by atoms with Gasteiger partial charge in [-0.25, -0.2) is 9.18 Å². The second-order valence-corrected chi connectivity index (χ2v) is 5.99. The molecule has 0 saturated carbocycles. The summed E-state index contributed by atoms with van der Waals surface area (Å²) in [4.78, 5) is 25.0. The summed E-state index contributed by atoms with van der Waals surface area (Å²) in [5.41, 5.74) is -2.85. The van der Waals surface area contributed by atoms with Crippen LogP contribution >= 0.6 is 11.6 Å². The molecule has 0 radical (unpaired) electrons. The smallest absolute Gasteiger partial charge is 0.417 e. The number of esters is 1. The Balaban J connectivity index is 2.28. The van der Waals surface area contributed by atoms with Crippen molar-refractivity contribution in [2.75, 3.05) is 6.61 Å². The van der Waals surface area contributed by atoms with Crippen LogP contribution in [0.1, 0.15) is 33.3 Å². The van der Waals surface area contributed by atoms with Crippen molar-refractivity contribution >= 4 is 34.4 Å². The summed E-state index contributed by atoms with van der Waals surface area (Å²) in [6, 6.07) is 6.36. The van der Waals surface area contributed by atoms with Gasteiger partial charge in [0.1, 0.15) is 5.82 Å². The number of ether oxygens (including phenoxy) is 1. The van der Waals surface area contributed by atoms with E-state index in [2.05, 4.69) is 5.10 Å². The number of hydrogen-bond donors (Lipinski definition) is 0. The first-order chi connectivity index (χ1) is 13.2. The minimum absolute atomic E-state index is 0.0433. The van der Waals surface area contributed by atoms with E-state index in [4.69, 9.17) is 16.3 Å². The van der Waals surface area contributed by atoms with E-state index in [1.807, 2.05) is 0 Å². The van der Waals surface area contributed by atoms with Crippen molar-refractivity contribution in [3.05, 3.63) is 64.1 Å². The van der Waals surface area contributed by atoms with Crippen LogP contribution in [0.4, 0.5) is 17.6 Å². The normalized spacial score (nSPS) is 11.6. The predicted octanol–water partition coefficient (Wildman–Crippen LogP) is 4.71. The summed E-state index contributed by atoms with van der Waals surface area (Å²) < 4.78 is 59.6. The van der Waals surface area contributed by atoms with Crippen LogP contribution in [0.3, 0.4) is 0 Å². The van der Waals surface area contributed by atoms with Crippen molar-refractivity contribution < 1.29 is 31.9 Å². The second kappa shape index (κ2) is 7.23. The van der Waals surface area contributed by atoms with Crippen LogP contribution in [0, 0.1) is 5.82 Å². The zero-order valence-corrected chi connectivity index (χ0v) is 14.9. The fraction of sp³-hybridized carbons (Fsp3) is 0.167. The van der Waals surface area contributed by atoms with E-state index in [0.29, 0.717) is 10.7 Å². The van der Waals surface area contributed by atoms with Crippen LogP contribution in [-0.2, 0) is 10.9 Å². The zero-order valence-electron chi connectivity index (χ0n) is 14.2. The molecule has 0 amide bonds. The maximum absolute atomic E-state index is 14.3. The van der Waals surface area contributed by atoms with E-state index < -0.39 is 45.7 Å². The van der Waals surface area contributed by atoms with Crippen molar-refractivity contribution in [1.29, 1.82) is 0 Å². The molecule has 0 N–H and O–H groups in total. The van der Waals surface area contributed by atoms with Crippen LogP contribution in [-0.4, -0.2) is 28.3 Å². The number of fused-ring (bicyclic) bond motifs is 1. The van der Waals surface area contributed by atoms with Gasteiger partial charge in [0.05, 0.1) is 33.7 Å². The van der Waals surface area contributed by atoms with E-state index in [-0.39, 0.29) is 17.5 Å². The van der Waals surface area contributed by atoms with Gasteiger partial charge in [-0.15, -0.1) is 0 Å². The van der Waals surface area contributed by atoms with Gasteiger partial charge < -0.3 is 4.74 Å². The van der Waals surface area contributed by atoms with Crippen molar-refractivity contribution in [3.63, 3.8) is 0 Å². The fourth-order valence-electron chi connectivity index (χ4n) is 2.71. The first-order valence-electron chi connectivity index (χ1n) is 7.91. The molecule has 1 aromatic heterocycles. The minimum atomic E-state index is -4.87. The maximum atomic E-state index is 14.3. The topological polar surface area (TPSA) is 61.2 Å². The Kier molecular flexibility index (Phi) is 5.12. The summed E-state index contributed by atoms with van der Waals surface area (Å²) in [6.45, 7) is 1.47. The molecule has 0 aliphatic carbocycles. The molecule has 28 heavy (non-hydrogen) atoms. The molecule has 0 atom stereocenters. The van der Waals surface area contributed by atoms with E-state index in [1.165, 1.54) is 19.1 Å². The van der Waals surface area contributed by atoms with Crippen molar-refractivity contribution in [2.45, 2.75) is 13.1 Å². The van der Waals surface area contributed by atoms with Crippen LogP contribution in [0.25, 0.3) is 10.9 Å². The van der Waals surface area contributed by atoms with Crippen LogP contribution in [0.2, 0.25) is 5.02 Å². The fourth-order valence-corrected chi connectivity index (χ4v) is 2.96. The quantitative estimate of drug-likeness (QED) is 0.460. The number of aromatic nitrogens is 2. The Morgan fingerprint density at radius 3 is 2.50 bits per heavy atom. The zero-order chi connectivity index (χ0) is 20.6. The van der Waals surface area contributed by atoms with Gasteiger partial charge in [0.2, 0.25) is 0 Å². The molecule has 5 nitrogen and oxygen atoms in total. The predicted molar refractivity (Wildman–Crippen MR) is 91.8 cm³/mol. The highest BCUT2D eigenvalue weighted by atomic mass is 35.5. The van der Waals surface area contributed by atoms with E-state index in [0.717, 1.165) is 18.2 Å². The Labute approximate surface area is 160 Å². The Bertz CT molecular complexity index is 1090. The average Bonchev–Trinajstić information content (AvgIpc) is 3.01. The van der Waals surface area contributed by atoms with Gasteiger partial charge in [0.15, 0.2) is 5.69 Å². The molecule has 0 bridgehead atoms. The molecule has 0 saturated heterocycles. The number of carbonyl (C=O) groups is 2. The largest absolute Gasteiger partial charge is 0.461 e. The third-order valence-electron chi connectivity index (χ3n) is 3.85. The van der Waals surface area contributed by atoms with Crippen LogP contribution in [0.15, 0.2) is 36.4 Å². The third-order valence-corrected chi connectivity index (χ3v) is 4.17.